The topological polar surface area (TPSA) is 94.1 Å². The van der Waals surface area contributed by atoms with Crippen LogP contribution in [0.2, 0.25) is 0 Å². The third-order valence-corrected chi connectivity index (χ3v) is 4.36. The molecular weight excluding hydrogens is 454 g/mol. The van der Waals surface area contributed by atoms with Crippen LogP contribution in [0.25, 0.3) is 0 Å². The average Bonchev–Trinajstić information content (AvgIpc) is 2.65. The highest BCUT2D eigenvalue weighted by Crippen LogP contribution is 2.27. The highest BCUT2D eigenvalue weighted by molar-refractivity contribution is 9.10. The van der Waals surface area contributed by atoms with E-state index >= 15 is 0 Å². The van der Waals surface area contributed by atoms with Gasteiger partial charge in [-0.3, -0.25) is 0 Å². The molecule has 8 heteroatoms. The van der Waals surface area contributed by atoms with Gasteiger partial charge in [0.2, 0.25) is 0 Å². The van der Waals surface area contributed by atoms with Crippen molar-refractivity contribution in [1.29, 1.82) is 0 Å². The largest absolute Gasteiger partial charge is 0.491 e. The van der Waals surface area contributed by atoms with Gasteiger partial charge in [0, 0.05) is 6.42 Å². The van der Waals surface area contributed by atoms with Crippen LogP contribution in [-0.4, -0.2) is 42.0 Å². The van der Waals surface area contributed by atoms with Gasteiger partial charge in [0.1, 0.15) is 23.7 Å². The number of carboxylic acid groups (broad SMARTS) is 1. The number of hydrogen-bond acceptors (Lipinski definition) is 5. The lowest BCUT2D eigenvalue weighted by atomic mass is 10.1. The smallest absolute Gasteiger partial charge is 0.407 e. The summed E-state index contributed by atoms with van der Waals surface area (Å²) in [5.41, 5.74) is 0.228. The summed E-state index contributed by atoms with van der Waals surface area (Å²) in [5, 5.41) is 12.1. The van der Waals surface area contributed by atoms with Crippen LogP contribution in [0, 0.1) is 0 Å². The highest BCUT2D eigenvalue weighted by atomic mass is 79.9. The number of benzene rings is 2. The maximum absolute atomic E-state index is 11.6. The van der Waals surface area contributed by atoms with E-state index in [0.29, 0.717) is 16.0 Å². The summed E-state index contributed by atoms with van der Waals surface area (Å²) in [4.78, 5) is 23.2. The van der Waals surface area contributed by atoms with E-state index in [1.807, 2.05) is 6.07 Å². The minimum absolute atomic E-state index is 0.198. The van der Waals surface area contributed by atoms with Crippen molar-refractivity contribution < 1.29 is 28.9 Å². The number of hydrogen-bond donors (Lipinski definition) is 2. The summed E-state index contributed by atoms with van der Waals surface area (Å²) >= 11 is 3.44. The van der Waals surface area contributed by atoms with Crippen molar-refractivity contribution in [2.45, 2.75) is 38.9 Å². The second-order valence-corrected chi connectivity index (χ2v) is 8.36. The molecule has 2 N–H and O–H groups in total. The molecule has 0 saturated carbocycles. The van der Waals surface area contributed by atoms with Gasteiger partial charge in [-0.15, -0.1) is 0 Å². The Bertz CT molecular complexity index is 850. The molecule has 1 atom stereocenters. The number of carbonyl (C=O) groups excluding carboxylic acids is 1. The number of carboxylic acids is 1. The van der Waals surface area contributed by atoms with Gasteiger partial charge in [-0.2, -0.15) is 0 Å². The van der Waals surface area contributed by atoms with Crippen LogP contribution < -0.4 is 14.8 Å². The first-order chi connectivity index (χ1) is 14.1. The zero-order chi connectivity index (χ0) is 22.1. The first kappa shape index (κ1) is 23.5. The number of ether oxygens (including phenoxy) is 3. The van der Waals surface area contributed by atoms with Crippen molar-refractivity contribution in [1.82, 2.24) is 5.32 Å². The summed E-state index contributed by atoms with van der Waals surface area (Å²) in [6, 6.07) is 14.2. The lowest BCUT2D eigenvalue weighted by Gasteiger charge is -2.19. The molecule has 0 aliphatic heterocycles. The molecule has 1 unspecified atom stereocenters. The quantitative estimate of drug-likeness (QED) is 0.516. The van der Waals surface area contributed by atoms with Gasteiger partial charge in [-0.05, 0) is 66.5 Å². The van der Waals surface area contributed by atoms with Gasteiger partial charge >= 0.3 is 12.1 Å². The zero-order valence-electron chi connectivity index (χ0n) is 17.2. The molecule has 1 amide bonds. The monoisotopic (exact) mass is 479 g/mol. The summed E-state index contributed by atoms with van der Waals surface area (Å²) in [6.07, 6.45) is -1.31. The van der Waals surface area contributed by atoms with Crippen LogP contribution in [0.5, 0.6) is 11.5 Å². The molecule has 0 aromatic heterocycles. The van der Waals surface area contributed by atoms with Crippen LogP contribution in [0.15, 0.2) is 53.0 Å². The maximum Gasteiger partial charge on any atom is 0.407 e. The van der Waals surface area contributed by atoms with Crippen molar-refractivity contribution in [3.05, 3.63) is 58.6 Å². The zero-order valence-corrected chi connectivity index (χ0v) is 18.8. The lowest BCUT2D eigenvalue weighted by Crippen LogP contribution is -2.34. The molecular formula is C22H26BrNO6. The SMILES string of the molecule is CC(C)(C)OC(=O)NCCOc1ccc(CC(Oc2ccccc2)C(=O)O)cc1Br. The van der Waals surface area contributed by atoms with Crippen molar-refractivity contribution in [3.63, 3.8) is 0 Å². The number of rotatable bonds is 9. The Morgan fingerprint density at radius 3 is 2.43 bits per heavy atom. The molecule has 0 fully saturated rings. The average molecular weight is 480 g/mol. The minimum Gasteiger partial charge on any atom is -0.491 e. The predicted octanol–water partition coefficient (Wildman–Crippen LogP) is 4.43. The summed E-state index contributed by atoms with van der Waals surface area (Å²) in [7, 11) is 0. The highest BCUT2D eigenvalue weighted by Gasteiger charge is 2.21. The number of nitrogens with one attached hydrogen (secondary N) is 1. The molecule has 0 bridgehead atoms. The van der Waals surface area contributed by atoms with E-state index in [1.54, 1.807) is 63.2 Å². The molecule has 162 valence electrons. The number of para-hydroxylation sites is 1. The molecule has 0 aliphatic carbocycles. The molecule has 30 heavy (non-hydrogen) atoms. The van der Waals surface area contributed by atoms with Gasteiger partial charge in [0.05, 0.1) is 11.0 Å². The van der Waals surface area contributed by atoms with Gasteiger partial charge < -0.3 is 24.6 Å². The Kier molecular flexibility index (Phi) is 8.53. The van der Waals surface area contributed by atoms with Gasteiger partial charge in [0.25, 0.3) is 0 Å². The number of carbonyl (C=O) groups is 2. The van der Waals surface area contributed by atoms with Gasteiger partial charge in [-0.25, -0.2) is 9.59 Å². The fourth-order valence-electron chi connectivity index (χ4n) is 2.47. The number of amides is 1. The van der Waals surface area contributed by atoms with E-state index < -0.39 is 23.8 Å². The van der Waals surface area contributed by atoms with E-state index in [0.717, 1.165) is 5.56 Å². The van der Waals surface area contributed by atoms with Crippen LogP contribution >= 0.6 is 15.9 Å². The molecule has 7 nitrogen and oxygen atoms in total. The van der Waals surface area contributed by atoms with Crippen molar-refractivity contribution in [3.8, 4) is 11.5 Å². The van der Waals surface area contributed by atoms with E-state index in [9.17, 15) is 14.7 Å². The van der Waals surface area contributed by atoms with Crippen LogP contribution in [0.1, 0.15) is 26.3 Å². The fourth-order valence-corrected chi connectivity index (χ4v) is 3.01. The number of halogens is 1. The first-order valence-corrected chi connectivity index (χ1v) is 10.3. The van der Waals surface area contributed by atoms with E-state index in [2.05, 4.69) is 21.2 Å². The molecule has 0 saturated heterocycles. The first-order valence-electron chi connectivity index (χ1n) is 9.46. The third kappa shape index (κ3) is 8.32. The van der Waals surface area contributed by atoms with E-state index in [-0.39, 0.29) is 19.6 Å². The van der Waals surface area contributed by atoms with Crippen LogP contribution in [-0.2, 0) is 16.0 Å². The fraction of sp³-hybridized carbons (Fsp3) is 0.364. The standard InChI is InChI=1S/C22H26BrNO6/c1-22(2,3)30-21(27)24-11-12-28-18-10-9-15(13-17(18)23)14-19(20(25)26)29-16-7-5-4-6-8-16/h4-10,13,19H,11-12,14H2,1-3H3,(H,24,27)(H,25,26). The Morgan fingerprint density at radius 1 is 1.13 bits per heavy atom. The lowest BCUT2D eigenvalue weighted by molar-refractivity contribution is -0.145. The van der Waals surface area contributed by atoms with E-state index in [4.69, 9.17) is 14.2 Å². The van der Waals surface area contributed by atoms with Crippen molar-refractivity contribution in [2.24, 2.45) is 0 Å². The Labute approximate surface area is 184 Å². The Balaban J connectivity index is 1.88. The van der Waals surface area contributed by atoms with Crippen LogP contribution in [0.4, 0.5) is 4.79 Å². The third-order valence-electron chi connectivity index (χ3n) is 3.74. The molecule has 0 spiro atoms. The van der Waals surface area contributed by atoms with E-state index in [1.165, 1.54) is 0 Å². The van der Waals surface area contributed by atoms with Crippen LogP contribution in [0.3, 0.4) is 0 Å². The molecule has 2 aromatic rings. The normalized spacial score (nSPS) is 12.0. The molecule has 2 aromatic carbocycles. The van der Waals surface area contributed by atoms with Crippen molar-refractivity contribution in [2.75, 3.05) is 13.2 Å². The molecule has 0 aliphatic rings. The molecule has 0 heterocycles. The number of alkyl carbamates (subject to hydrolysis) is 1. The predicted molar refractivity (Wildman–Crippen MR) is 116 cm³/mol. The van der Waals surface area contributed by atoms with Gasteiger partial charge in [0.15, 0.2) is 6.10 Å². The maximum atomic E-state index is 11.6. The Morgan fingerprint density at radius 2 is 1.83 bits per heavy atom. The number of aliphatic carboxylic acids is 1. The van der Waals surface area contributed by atoms with Gasteiger partial charge in [-0.1, -0.05) is 24.3 Å². The second-order valence-electron chi connectivity index (χ2n) is 7.50. The molecule has 0 radical (unpaired) electrons. The summed E-state index contributed by atoms with van der Waals surface area (Å²) < 4.78 is 17.1. The molecule has 2 rings (SSSR count). The summed E-state index contributed by atoms with van der Waals surface area (Å²) in [6.45, 7) is 5.92. The second kappa shape index (κ2) is 10.9. The summed E-state index contributed by atoms with van der Waals surface area (Å²) in [5.74, 6) is 0.0468. The minimum atomic E-state index is -1.04. The Hall–Kier alpha value is -2.74. The van der Waals surface area contributed by atoms with Crippen molar-refractivity contribution >= 4 is 28.0 Å².